The second-order valence-corrected chi connectivity index (χ2v) is 8.03. The maximum absolute atomic E-state index is 12.5. The van der Waals surface area contributed by atoms with Crippen molar-refractivity contribution in [2.24, 2.45) is 5.41 Å². The molecule has 1 saturated carbocycles. The predicted molar refractivity (Wildman–Crippen MR) is 83.8 cm³/mol. The van der Waals surface area contributed by atoms with Gasteiger partial charge in [-0.3, -0.25) is 0 Å². The first kappa shape index (κ1) is 16.1. The number of anilines is 1. The summed E-state index contributed by atoms with van der Waals surface area (Å²) in [4.78, 5) is 0.183. The number of rotatable bonds is 4. The summed E-state index contributed by atoms with van der Waals surface area (Å²) < 4.78 is 33.0. The van der Waals surface area contributed by atoms with Crippen LogP contribution in [0.3, 0.4) is 0 Å². The van der Waals surface area contributed by atoms with Gasteiger partial charge in [-0.2, -0.15) is 0 Å². The molecule has 5 nitrogen and oxygen atoms in total. The van der Waals surface area contributed by atoms with Crippen LogP contribution in [0.2, 0.25) is 0 Å². The zero-order chi connectivity index (χ0) is 15.7. The molecule has 21 heavy (non-hydrogen) atoms. The third-order valence-electron chi connectivity index (χ3n) is 4.32. The molecule has 0 aromatic heterocycles. The predicted octanol–water partition coefficient (Wildman–Crippen LogP) is 2.52. The third kappa shape index (κ3) is 3.49. The molecule has 1 atom stereocenters. The number of nitrogens with two attached hydrogens (primary N) is 1. The van der Waals surface area contributed by atoms with Crippen LogP contribution in [0, 0.1) is 5.41 Å². The Morgan fingerprint density at radius 1 is 1.33 bits per heavy atom. The van der Waals surface area contributed by atoms with Gasteiger partial charge in [-0.15, -0.1) is 0 Å². The standard InChI is InChI=1S/C15H24N2O3S/c1-15(2)9-5-4-6-14(15)17-21(18,19)11-7-8-13(20-3)12(16)10-11/h7-8,10,14,17H,4-6,9,16H2,1-3H3. The molecule has 3 N–H and O–H groups in total. The monoisotopic (exact) mass is 312 g/mol. The summed E-state index contributed by atoms with van der Waals surface area (Å²) >= 11 is 0. The summed E-state index contributed by atoms with van der Waals surface area (Å²) in [6.07, 6.45) is 4.12. The van der Waals surface area contributed by atoms with Gasteiger partial charge in [0.1, 0.15) is 5.75 Å². The fraction of sp³-hybridized carbons (Fsp3) is 0.600. The quantitative estimate of drug-likeness (QED) is 0.837. The van der Waals surface area contributed by atoms with Crippen molar-refractivity contribution < 1.29 is 13.2 Å². The topological polar surface area (TPSA) is 81.4 Å². The van der Waals surface area contributed by atoms with Crippen molar-refractivity contribution in [1.29, 1.82) is 0 Å². The van der Waals surface area contributed by atoms with Gasteiger partial charge in [0, 0.05) is 6.04 Å². The van der Waals surface area contributed by atoms with Crippen LogP contribution < -0.4 is 15.2 Å². The van der Waals surface area contributed by atoms with Crippen molar-refractivity contribution in [3.8, 4) is 5.75 Å². The Morgan fingerprint density at radius 2 is 2.05 bits per heavy atom. The van der Waals surface area contributed by atoms with Crippen LogP contribution >= 0.6 is 0 Å². The van der Waals surface area contributed by atoms with Crippen LogP contribution in [-0.4, -0.2) is 21.6 Å². The van der Waals surface area contributed by atoms with Gasteiger partial charge in [0.05, 0.1) is 17.7 Å². The van der Waals surface area contributed by atoms with Crippen molar-refractivity contribution in [2.75, 3.05) is 12.8 Å². The van der Waals surface area contributed by atoms with Crippen molar-refractivity contribution in [2.45, 2.75) is 50.5 Å². The van der Waals surface area contributed by atoms with E-state index in [1.54, 1.807) is 6.07 Å². The molecule has 118 valence electrons. The molecule has 0 heterocycles. The summed E-state index contributed by atoms with van der Waals surface area (Å²) in [7, 11) is -2.06. The number of benzene rings is 1. The van der Waals surface area contributed by atoms with Crippen molar-refractivity contribution in [1.82, 2.24) is 4.72 Å². The Balaban J connectivity index is 2.24. The van der Waals surface area contributed by atoms with E-state index in [4.69, 9.17) is 10.5 Å². The Hall–Kier alpha value is -1.27. The zero-order valence-electron chi connectivity index (χ0n) is 12.8. The molecule has 2 rings (SSSR count). The third-order valence-corrected chi connectivity index (χ3v) is 5.79. The lowest BCUT2D eigenvalue weighted by molar-refractivity contribution is 0.188. The van der Waals surface area contributed by atoms with E-state index in [9.17, 15) is 8.42 Å². The molecule has 1 aromatic carbocycles. The summed E-state index contributed by atoms with van der Waals surface area (Å²) in [6, 6.07) is 4.50. The fourth-order valence-electron chi connectivity index (χ4n) is 2.85. The van der Waals surface area contributed by atoms with E-state index in [0.29, 0.717) is 11.4 Å². The summed E-state index contributed by atoms with van der Waals surface area (Å²) in [5.74, 6) is 0.479. The average molecular weight is 312 g/mol. The smallest absolute Gasteiger partial charge is 0.240 e. The minimum Gasteiger partial charge on any atom is -0.495 e. The normalized spacial score (nSPS) is 22.0. The van der Waals surface area contributed by atoms with Gasteiger partial charge in [-0.25, -0.2) is 13.1 Å². The van der Waals surface area contributed by atoms with Crippen molar-refractivity contribution >= 4 is 15.7 Å². The molecular weight excluding hydrogens is 288 g/mol. The Bertz CT molecular complexity index is 611. The first-order valence-electron chi connectivity index (χ1n) is 7.22. The van der Waals surface area contributed by atoms with Crippen molar-refractivity contribution in [3.05, 3.63) is 18.2 Å². The van der Waals surface area contributed by atoms with E-state index >= 15 is 0 Å². The summed E-state index contributed by atoms with van der Waals surface area (Å²) in [5, 5.41) is 0. The van der Waals surface area contributed by atoms with Gasteiger partial charge in [0.25, 0.3) is 0 Å². The number of hydrogen-bond acceptors (Lipinski definition) is 4. The van der Waals surface area contributed by atoms with Crippen LogP contribution in [0.15, 0.2) is 23.1 Å². The second kappa shape index (κ2) is 5.85. The summed E-state index contributed by atoms with van der Waals surface area (Å²) in [6.45, 7) is 4.23. The van der Waals surface area contributed by atoms with Crippen molar-refractivity contribution in [3.63, 3.8) is 0 Å². The minimum absolute atomic E-state index is 0.0245. The lowest BCUT2D eigenvalue weighted by Crippen LogP contribution is -2.46. The first-order valence-corrected chi connectivity index (χ1v) is 8.70. The molecule has 0 aliphatic heterocycles. The van der Waals surface area contributed by atoms with Crippen LogP contribution in [0.1, 0.15) is 39.5 Å². The van der Waals surface area contributed by atoms with E-state index in [-0.39, 0.29) is 16.4 Å². The molecule has 1 aliphatic rings. The number of methoxy groups -OCH3 is 1. The molecule has 0 saturated heterocycles. The number of sulfonamides is 1. The Labute approximate surface area is 126 Å². The van der Waals surface area contributed by atoms with Crippen LogP contribution in [0.5, 0.6) is 5.75 Å². The highest BCUT2D eigenvalue weighted by molar-refractivity contribution is 7.89. The van der Waals surface area contributed by atoms with E-state index in [0.717, 1.165) is 25.7 Å². The lowest BCUT2D eigenvalue weighted by Gasteiger charge is -2.38. The second-order valence-electron chi connectivity index (χ2n) is 6.31. The molecule has 1 aromatic rings. The minimum atomic E-state index is -3.56. The molecule has 0 bridgehead atoms. The van der Waals surface area contributed by atoms with Gasteiger partial charge in [0.2, 0.25) is 10.0 Å². The molecule has 1 unspecified atom stereocenters. The van der Waals surface area contributed by atoms with Gasteiger partial charge >= 0.3 is 0 Å². The maximum atomic E-state index is 12.5. The molecule has 0 amide bonds. The van der Waals surface area contributed by atoms with Crippen LogP contribution in [0.4, 0.5) is 5.69 Å². The fourth-order valence-corrected chi connectivity index (χ4v) is 4.32. The molecule has 0 radical (unpaired) electrons. The van der Waals surface area contributed by atoms with Gasteiger partial charge in [-0.1, -0.05) is 26.7 Å². The lowest BCUT2D eigenvalue weighted by atomic mass is 9.74. The van der Waals surface area contributed by atoms with E-state index in [2.05, 4.69) is 18.6 Å². The Kier molecular flexibility index (Phi) is 4.49. The van der Waals surface area contributed by atoms with Gasteiger partial charge in [-0.05, 0) is 36.5 Å². The number of ether oxygens (including phenoxy) is 1. The molecule has 6 heteroatoms. The Morgan fingerprint density at radius 3 is 2.62 bits per heavy atom. The van der Waals surface area contributed by atoms with Gasteiger partial charge in [0.15, 0.2) is 0 Å². The number of nitrogens with one attached hydrogen (secondary N) is 1. The highest BCUT2D eigenvalue weighted by atomic mass is 32.2. The highest BCUT2D eigenvalue weighted by Crippen LogP contribution is 2.36. The van der Waals surface area contributed by atoms with E-state index < -0.39 is 10.0 Å². The van der Waals surface area contributed by atoms with Crippen LogP contribution in [-0.2, 0) is 10.0 Å². The van der Waals surface area contributed by atoms with Gasteiger partial charge < -0.3 is 10.5 Å². The summed E-state index contributed by atoms with van der Waals surface area (Å²) in [5.41, 5.74) is 6.10. The highest BCUT2D eigenvalue weighted by Gasteiger charge is 2.35. The molecular formula is C15H24N2O3S. The van der Waals surface area contributed by atoms with Crippen LogP contribution in [0.25, 0.3) is 0 Å². The zero-order valence-corrected chi connectivity index (χ0v) is 13.7. The maximum Gasteiger partial charge on any atom is 0.240 e. The molecule has 1 fully saturated rings. The molecule has 0 spiro atoms. The largest absolute Gasteiger partial charge is 0.495 e. The average Bonchev–Trinajstić information content (AvgIpc) is 2.41. The first-order chi connectivity index (χ1) is 9.76. The SMILES string of the molecule is COc1ccc(S(=O)(=O)NC2CCCCC2(C)C)cc1N. The number of hydrogen-bond donors (Lipinski definition) is 2. The van der Waals surface area contributed by atoms with E-state index in [1.807, 2.05) is 0 Å². The van der Waals surface area contributed by atoms with E-state index in [1.165, 1.54) is 19.2 Å². The molecule has 1 aliphatic carbocycles. The number of nitrogen functional groups attached to an aromatic ring is 1.